The number of allylic oxidation sites excluding steroid dienone is 1. The number of fused-ring (bicyclic) bond motifs is 3. The number of hydrogen-bond acceptors (Lipinski definition) is 6. The Morgan fingerprint density at radius 1 is 1.07 bits per heavy atom. The summed E-state index contributed by atoms with van der Waals surface area (Å²) >= 11 is 0. The van der Waals surface area contributed by atoms with Crippen LogP contribution in [0.25, 0.3) is 5.57 Å². The van der Waals surface area contributed by atoms with Crippen LogP contribution in [-0.4, -0.2) is 42.4 Å². The van der Waals surface area contributed by atoms with Crippen molar-refractivity contribution in [3.63, 3.8) is 0 Å². The number of benzene rings is 1. The van der Waals surface area contributed by atoms with Gasteiger partial charge in [0.05, 0.1) is 12.8 Å². The number of hydrogen-bond donors (Lipinski definition) is 1. The quantitative estimate of drug-likeness (QED) is 0.278. The van der Waals surface area contributed by atoms with Crippen molar-refractivity contribution in [3.8, 4) is 5.75 Å². The lowest BCUT2D eigenvalue weighted by Crippen LogP contribution is -2.50. The molecule has 4 fully saturated rings. The predicted molar refractivity (Wildman–Crippen MR) is 175 cm³/mol. The maximum Gasteiger partial charge on any atom is 0.225 e. The van der Waals surface area contributed by atoms with Crippen LogP contribution in [0.3, 0.4) is 0 Å². The highest BCUT2D eigenvalue weighted by atomic mass is 16.5. The van der Waals surface area contributed by atoms with Crippen molar-refractivity contribution >= 4 is 17.7 Å². The molecule has 228 valence electrons. The predicted octanol–water partition coefficient (Wildman–Crippen LogP) is 7.89. The summed E-state index contributed by atoms with van der Waals surface area (Å²) in [7, 11) is 1.77. The molecule has 4 saturated carbocycles. The van der Waals surface area contributed by atoms with E-state index in [2.05, 4.69) is 55.8 Å². The van der Waals surface area contributed by atoms with Crippen molar-refractivity contribution in [2.75, 3.05) is 25.1 Å². The highest BCUT2D eigenvalue weighted by Crippen LogP contribution is 2.58. The fourth-order valence-electron chi connectivity index (χ4n) is 7.98. The van der Waals surface area contributed by atoms with Gasteiger partial charge in [-0.15, -0.1) is 0 Å². The molecule has 2 aromatic rings. The van der Waals surface area contributed by atoms with Gasteiger partial charge < -0.3 is 15.4 Å². The van der Waals surface area contributed by atoms with E-state index in [0.29, 0.717) is 16.7 Å². The summed E-state index contributed by atoms with van der Waals surface area (Å²) in [5, 5.41) is 0. The minimum absolute atomic E-state index is 0.210. The molecule has 0 radical (unpaired) electrons. The molecule has 6 rings (SSSR count). The molecule has 1 aromatic carbocycles. The van der Waals surface area contributed by atoms with Crippen LogP contribution in [0.15, 0.2) is 41.7 Å². The second kappa shape index (κ2) is 13.2. The zero-order chi connectivity index (χ0) is 29.7. The van der Waals surface area contributed by atoms with Gasteiger partial charge in [0.25, 0.3) is 0 Å². The molecule has 0 atom stereocenters. The Hall–Kier alpha value is -2.89. The van der Waals surface area contributed by atoms with E-state index in [1.165, 1.54) is 81.8 Å². The van der Waals surface area contributed by atoms with Gasteiger partial charge in [-0.25, -0.2) is 9.97 Å². The first-order valence-electron chi connectivity index (χ1n) is 16.5. The van der Waals surface area contributed by atoms with Crippen LogP contribution in [0.4, 0.5) is 5.95 Å². The summed E-state index contributed by atoms with van der Waals surface area (Å²) in [6.07, 6.45) is 19.6. The SMILES string of the molecule is CCC1CCC(CN(CC23CCC(c4ccc(OC)c(C)c4)(CC2)CC3)c2nccc(/C(C=NC(C)C)=C/N)n2)CC1. The van der Waals surface area contributed by atoms with Crippen molar-refractivity contribution < 1.29 is 4.74 Å². The molecule has 1 heterocycles. The molecule has 0 saturated heterocycles. The monoisotopic (exact) mass is 571 g/mol. The van der Waals surface area contributed by atoms with E-state index in [4.69, 9.17) is 20.4 Å². The van der Waals surface area contributed by atoms with E-state index >= 15 is 0 Å². The third kappa shape index (κ3) is 6.68. The lowest BCUT2D eigenvalue weighted by atomic mass is 9.51. The fraction of sp³-hybridized carbons (Fsp3) is 0.639. The summed E-state index contributed by atoms with van der Waals surface area (Å²) < 4.78 is 5.56. The summed E-state index contributed by atoms with van der Waals surface area (Å²) in [4.78, 5) is 17.1. The lowest BCUT2D eigenvalue weighted by Gasteiger charge is -2.55. The number of aliphatic imine (C=N–C) groups is 1. The van der Waals surface area contributed by atoms with E-state index in [0.717, 1.165) is 42.0 Å². The summed E-state index contributed by atoms with van der Waals surface area (Å²) in [5.41, 5.74) is 11.1. The first kappa shape index (κ1) is 30.6. The number of nitrogens with two attached hydrogens (primary N) is 1. The Bertz CT molecular complexity index is 1230. The Morgan fingerprint density at radius 3 is 2.36 bits per heavy atom. The Balaban J connectivity index is 1.37. The maximum absolute atomic E-state index is 6.04. The minimum Gasteiger partial charge on any atom is -0.496 e. The second-order valence-electron chi connectivity index (χ2n) is 13.9. The molecular weight excluding hydrogens is 518 g/mol. The Morgan fingerprint density at radius 2 is 1.76 bits per heavy atom. The Kier molecular flexibility index (Phi) is 9.59. The average molecular weight is 572 g/mol. The van der Waals surface area contributed by atoms with Crippen molar-refractivity contribution in [3.05, 3.63) is 53.5 Å². The number of ether oxygens (including phenoxy) is 1. The molecule has 6 heteroatoms. The van der Waals surface area contributed by atoms with Gasteiger partial charge in [-0.2, -0.15) is 0 Å². The van der Waals surface area contributed by atoms with E-state index < -0.39 is 0 Å². The fourth-order valence-corrected chi connectivity index (χ4v) is 7.98. The summed E-state index contributed by atoms with van der Waals surface area (Å²) in [6, 6.07) is 9.06. The van der Waals surface area contributed by atoms with Gasteiger partial charge in [0.2, 0.25) is 5.95 Å². The molecule has 0 spiro atoms. The van der Waals surface area contributed by atoms with Gasteiger partial charge in [-0.1, -0.05) is 38.3 Å². The zero-order valence-corrected chi connectivity index (χ0v) is 26.7. The van der Waals surface area contributed by atoms with Crippen molar-refractivity contribution in [1.82, 2.24) is 9.97 Å². The van der Waals surface area contributed by atoms with Gasteiger partial charge in [0.15, 0.2) is 0 Å². The molecule has 42 heavy (non-hydrogen) atoms. The van der Waals surface area contributed by atoms with Crippen LogP contribution in [0, 0.1) is 24.2 Å². The summed E-state index contributed by atoms with van der Waals surface area (Å²) in [5.74, 6) is 3.45. The van der Waals surface area contributed by atoms with Crippen LogP contribution in [0.1, 0.15) is 108 Å². The summed E-state index contributed by atoms with van der Waals surface area (Å²) in [6.45, 7) is 10.8. The molecule has 4 aliphatic rings. The number of anilines is 1. The van der Waals surface area contributed by atoms with Crippen LogP contribution in [0.2, 0.25) is 0 Å². The molecule has 0 unspecified atom stereocenters. The number of rotatable bonds is 11. The van der Waals surface area contributed by atoms with Gasteiger partial charge in [-0.3, -0.25) is 4.99 Å². The number of aromatic nitrogens is 2. The molecule has 0 amide bonds. The Labute approximate surface area is 254 Å². The van der Waals surface area contributed by atoms with Crippen LogP contribution in [0.5, 0.6) is 5.75 Å². The van der Waals surface area contributed by atoms with Crippen LogP contribution in [-0.2, 0) is 5.41 Å². The third-order valence-corrected chi connectivity index (χ3v) is 10.9. The largest absolute Gasteiger partial charge is 0.496 e. The number of aryl methyl sites for hydroxylation is 1. The molecule has 4 aliphatic carbocycles. The molecule has 1 aromatic heterocycles. The van der Waals surface area contributed by atoms with Crippen molar-refractivity contribution in [2.45, 2.75) is 110 Å². The first-order valence-corrected chi connectivity index (χ1v) is 16.5. The van der Waals surface area contributed by atoms with Gasteiger partial charge in [0.1, 0.15) is 5.75 Å². The maximum atomic E-state index is 6.04. The topological polar surface area (TPSA) is 76.6 Å². The standard InChI is InChI=1S/C36H53N5O/c1-6-28-7-9-29(10-8-28)24-41(34-38-20-13-32(40-34)30(22-37)23-39-26(2)3)25-35-14-17-36(18-15-35,19-16-35)31-11-12-33(42-5)27(4)21-31/h11-13,20-23,26,28-29H,6-10,14-19,24-25,37H2,1-5H3/b30-22+,39-23?. The first-order chi connectivity index (χ1) is 20.3. The second-order valence-corrected chi connectivity index (χ2v) is 13.9. The van der Waals surface area contributed by atoms with E-state index in [1.807, 2.05) is 18.5 Å². The smallest absolute Gasteiger partial charge is 0.225 e. The number of nitrogens with zero attached hydrogens (tertiary/aromatic N) is 4. The highest BCUT2D eigenvalue weighted by molar-refractivity contribution is 6.08. The number of methoxy groups -OCH3 is 1. The van der Waals surface area contributed by atoms with Crippen LogP contribution >= 0.6 is 0 Å². The van der Waals surface area contributed by atoms with E-state index in [1.54, 1.807) is 13.3 Å². The normalized spacial score (nSPS) is 28.0. The lowest BCUT2D eigenvalue weighted by molar-refractivity contribution is 0.0442. The molecule has 6 nitrogen and oxygen atoms in total. The van der Waals surface area contributed by atoms with Crippen molar-refractivity contribution in [1.29, 1.82) is 0 Å². The average Bonchev–Trinajstić information content (AvgIpc) is 3.02. The van der Waals surface area contributed by atoms with E-state index in [9.17, 15) is 0 Å². The molecule has 2 bridgehead atoms. The highest BCUT2D eigenvalue weighted by Gasteiger charge is 2.50. The van der Waals surface area contributed by atoms with Crippen LogP contribution < -0.4 is 15.4 Å². The van der Waals surface area contributed by atoms with Gasteiger partial charge in [0, 0.05) is 43.3 Å². The molecule has 2 N–H and O–H groups in total. The zero-order valence-electron chi connectivity index (χ0n) is 26.7. The van der Waals surface area contributed by atoms with Gasteiger partial charge >= 0.3 is 0 Å². The van der Waals surface area contributed by atoms with E-state index in [-0.39, 0.29) is 6.04 Å². The minimum atomic E-state index is 0.210. The van der Waals surface area contributed by atoms with Gasteiger partial charge in [-0.05, 0) is 118 Å². The third-order valence-electron chi connectivity index (χ3n) is 10.9. The van der Waals surface area contributed by atoms with Crippen molar-refractivity contribution in [2.24, 2.45) is 28.0 Å². The molecule has 0 aliphatic heterocycles. The molecular formula is C36H53N5O.